The van der Waals surface area contributed by atoms with Gasteiger partial charge in [-0.25, -0.2) is 13.2 Å². The average molecular weight is 527 g/mol. The van der Waals surface area contributed by atoms with E-state index >= 15 is 0 Å². The molecule has 1 aromatic carbocycles. The summed E-state index contributed by atoms with van der Waals surface area (Å²) in [7, 11) is -1.49. The van der Waals surface area contributed by atoms with Crippen molar-refractivity contribution in [1.29, 1.82) is 0 Å². The molecule has 0 spiro atoms. The summed E-state index contributed by atoms with van der Waals surface area (Å²) in [6, 6.07) is 5.80. The molecule has 3 aromatic rings. The molecule has 2 aromatic heterocycles. The van der Waals surface area contributed by atoms with Crippen molar-refractivity contribution in [2.75, 3.05) is 30.8 Å². The number of benzene rings is 1. The Kier molecular flexibility index (Phi) is 6.13. The van der Waals surface area contributed by atoms with Gasteiger partial charge in [-0.2, -0.15) is 0 Å². The Morgan fingerprint density at radius 2 is 1.97 bits per heavy atom. The van der Waals surface area contributed by atoms with Crippen LogP contribution in [0.25, 0.3) is 22.0 Å². The third kappa shape index (κ3) is 5.12. The summed E-state index contributed by atoms with van der Waals surface area (Å²) < 4.78 is 31.2. The molecule has 10 heteroatoms. The van der Waals surface area contributed by atoms with E-state index in [-0.39, 0.29) is 23.3 Å². The van der Waals surface area contributed by atoms with E-state index in [9.17, 15) is 18.0 Å². The van der Waals surface area contributed by atoms with Crippen molar-refractivity contribution in [3.8, 4) is 11.1 Å². The first kappa shape index (κ1) is 25.4. The van der Waals surface area contributed by atoms with Crippen LogP contribution in [0.15, 0.2) is 35.4 Å². The second kappa shape index (κ2) is 8.93. The lowest BCUT2D eigenvalue weighted by Gasteiger charge is -2.29. The largest absolute Gasteiger partial charge is 0.444 e. The molecule has 2 aliphatic rings. The molecule has 4 heterocycles. The molecule has 5 rings (SSSR count). The van der Waals surface area contributed by atoms with Gasteiger partial charge in [-0.15, -0.1) is 0 Å². The van der Waals surface area contributed by atoms with E-state index < -0.39 is 15.4 Å². The molecule has 198 valence electrons. The molecule has 1 saturated heterocycles. The highest BCUT2D eigenvalue weighted by atomic mass is 32.2. The van der Waals surface area contributed by atoms with Crippen LogP contribution in [0.4, 0.5) is 10.5 Å². The molecule has 1 fully saturated rings. The molecule has 1 unspecified atom stereocenters. The maximum atomic E-state index is 12.9. The molecular formula is C27H34N4O5S. The number of sulfone groups is 1. The zero-order valence-corrected chi connectivity index (χ0v) is 22.8. The number of nitrogens with one attached hydrogen (secondary N) is 1. The second-order valence-corrected chi connectivity index (χ2v) is 13.5. The highest BCUT2D eigenvalue weighted by molar-refractivity contribution is 7.89. The van der Waals surface area contributed by atoms with E-state index in [1.165, 1.54) is 6.26 Å². The van der Waals surface area contributed by atoms with Gasteiger partial charge in [0.05, 0.1) is 5.75 Å². The van der Waals surface area contributed by atoms with Gasteiger partial charge < -0.3 is 24.1 Å². The lowest BCUT2D eigenvalue weighted by Crippen LogP contribution is -2.36. The van der Waals surface area contributed by atoms with Crippen molar-refractivity contribution >= 4 is 32.5 Å². The summed E-state index contributed by atoms with van der Waals surface area (Å²) in [6.45, 7) is 8.18. The SMILES string of the molecule is Cn1cc2c3c(c[nH]c3c1=O)CN(CC1CCN(C(=O)OC(C)(C)C)C1)c1ccc(CS(C)(=O)=O)cc1-2. The number of fused-ring (bicyclic) bond motifs is 2. The summed E-state index contributed by atoms with van der Waals surface area (Å²) in [6.07, 6.45) is 5.55. The summed E-state index contributed by atoms with van der Waals surface area (Å²) in [4.78, 5) is 32.7. The van der Waals surface area contributed by atoms with Crippen LogP contribution in [-0.4, -0.2) is 60.5 Å². The van der Waals surface area contributed by atoms with E-state index in [0.717, 1.165) is 40.7 Å². The van der Waals surface area contributed by atoms with Gasteiger partial charge in [-0.1, -0.05) is 6.07 Å². The number of H-pyrrole nitrogens is 1. The van der Waals surface area contributed by atoms with Gasteiger partial charge in [0.1, 0.15) is 11.1 Å². The van der Waals surface area contributed by atoms with Gasteiger partial charge in [0.2, 0.25) is 0 Å². The second-order valence-electron chi connectivity index (χ2n) is 11.4. The molecule has 2 aliphatic heterocycles. The number of aryl methyl sites for hydroxylation is 1. The van der Waals surface area contributed by atoms with E-state index in [4.69, 9.17) is 4.74 Å². The standard InChI is InChI=1S/C27H34N4O5S/c1-27(2,3)36-26(33)30-9-8-18(12-30)13-31-14-19-11-28-24-23(19)21(15-29(4)25(24)32)20-10-17(6-7-22(20)31)16-37(5,34)35/h6-7,10-11,15,18,28H,8-9,12-14,16H2,1-5H3. The minimum absolute atomic E-state index is 0.0529. The molecule has 0 aliphatic carbocycles. The zero-order chi connectivity index (χ0) is 26.7. The van der Waals surface area contributed by atoms with E-state index in [1.807, 2.05) is 51.4 Å². The number of aromatic nitrogens is 2. The van der Waals surface area contributed by atoms with Gasteiger partial charge in [0, 0.05) is 74.1 Å². The van der Waals surface area contributed by atoms with Crippen LogP contribution in [0.5, 0.6) is 0 Å². The number of ether oxygens (including phenoxy) is 1. The highest BCUT2D eigenvalue weighted by Gasteiger charge is 2.32. The summed E-state index contributed by atoms with van der Waals surface area (Å²) >= 11 is 0. The molecular weight excluding hydrogens is 492 g/mol. The third-order valence-electron chi connectivity index (χ3n) is 6.99. The van der Waals surface area contributed by atoms with Crippen molar-refractivity contribution in [2.45, 2.75) is 45.1 Å². The van der Waals surface area contributed by atoms with Crippen LogP contribution < -0.4 is 10.5 Å². The van der Waals surface area contributed by atoms with E-state index in [0.29, 0.717) is 30.7 Å². The topological polar surface area (TPSA) is 105 Å². The Balaban J connectivity index is 1.52. The molecule has 1 amide bonds. The highest BCUT2D eigenvalue weighted by Crippen LogP contribution is 2.41. The first-order valence-electron chi connectivity index (χ1n) is 12.5. The van der Waals surface area contributed by atoms with Crippen LogP contribution in [0, 0.1) is 5.92 Å². The van der Waals surface area contributed by atoms with Crippen molar-refractivity contribution in [3.05, 3.63) is 52.1 Å². The molecule has 0 saturated carbocycles. The van der Waals surface area contributed by atoms with Gasteiger partial charge in [0.15, 0.2) is 9.84 Å². The monoisotopic (exact) mass is 526 g/mol. The molecule has 0 radical (unpaired) electrons. The Morgan fingerprint density at radius 3 is 2.68 bits per heavy atom. The minimum atomic E-state index is -3.21. The zero-order valence-electron chi connectivity index (χ0n) is 22.0. The molecule has 9 nitrogen and oxygen atoms in total. The predicted octanol–water partition coefficient (Wildman–Crippen LogP) is 3.66. The predicted molar refractivity (Wildman–Crippen MR) is 144 cm³/mol. The Morgan fingerprint density at radius 1 is 1.22 bits per heavy atom. The van der Waals surface area contributed by atoms with Gasteiger partial charge in [-0.3, -0.25) is 4.79 Å². The summed E-state index contributed by atoms with van der Waals surface area (Å²) in [5, 5.41) is 0.880. The van der Waals surface area contributed by atoms with Crippen molar-refractivity contribution in [3.63, 3.8) is 0 Å². The number of rotatable bonds is 4. The van der Waals surface area contributed by atoms with Crippen LogP contribution in [0.3, 0.4) is 0 Å². The number of carbonyl (C=O) groups is 1. The first-order chi connectivity index (χ1) is 17.3. The quantitative estimate of drug-likeness (QED) is 0.557. The Labute approximate surface area is 216 Å². The molecule has 37 heavy (non-hydrogen) atoms. The number of anilines is 1. The lowest BCUT2D eigenvalue weighted by molar-refractivity contribution is 0.0288. The normalized spacial score (nSPS) is 17.7. The number of pyridine rings is 1. The minimum Gasteiger partial charge on any atom is -0.444 e. The maximum absolute atomic E-state index is 12.9. The lowest BCUT2D eigenvalue weighted by atomic mass is 9.99. The first-order valence-corrected chi connectivity index (χ1v) is 14.6. The Hall–Kier alpha value is -3.27. The van der Waals surface area contributed by atoms with Crippen LogP contribution in [-0.2, 0) is 33.9 Å². The number of amides is 1. The fraction of sp³-hybridized carbons (Fsp3) is 0.481. The third-order valence-corrected chi connectivity index (χ3v) is 7.84. The van der Waals surface area contributed by atoms with Crippen LogP contribution in [0.2, 0.25) is 0 Å². The van der Waals surface area contributed by atoms with Gasteiger partial charge in [0.25, 0.3) is 5.56 Å². The van der Waals surface area contributed by atoms with Crippen molar-refractivity contribution < 1.29 is 17.9 Å². The summed E-state index contributed by atoms with van der Waals surface area (Å²) in [5.74, 6) is 0.195. The molecule has 0 bridgehead atoms. The van der Waals surface area contributed by atoms with E-state index in [2.05, 4.69) is 9.88 Å². The average Bonchev–Trinajstić information content (AvgIpc) is 3.39. The van der Waals surface area contributed by atoms with Gasteiger partial charge >= 0.3 is 6.09 Å². The number of likely N-dealkylation sites (tertiary alicyclic amines) is 1. The number of carbonyl (C=O) groups excluding carboxylic acids is 1. The number of nitrogens with zero attached hydrogens (tertiary/aromatic N) is 3. The smallest absolute Gasteiger partial charge is 0.410 e. The fourth-order valence-corrected chi connectivity index (χ4v) is 6.25. The van der Waals surface area contributed by atoms with Crippen LogP contribution in [0.1, 0.15) is 38.3 Å². The molecule has 1 atom stereocenters. The van der Waals surface area contributed by atoms with Crippen molar-refractivity contribution in [2.24, 2.45) is 13.0 Å². The van der Waals surface area contributed by atoms with Crippen molar-refractivity contribution in [1.82, 2.24) is 14.5 Å². The maximum Gasteiger partial charge on any atom is 0.410 e. The number of hydrogen-bond donors (Lipinski definition) is 1. The Bertz CT molecular complexity index is 1550. The fourth-order valence-electron chi connectivity index (χ4n) is 5.47. The molecule has 1 N–H and O–H groups in total. The van der Waals surface area contributed by atoms with Gasteiger partial charge in [-0.05, 0) is 56.4 Å². The number of aromatic amines is 1. The number of hydrogen-bond acceptors (Lipinski definition) is 6. The van der Waals surface area contributed by atoms with Crippen LogP contribution >= 0.6 is 0 Å². The van der Waals surface area contributed by atoms with E-state index in [1.54, 1.807) is 16.5 Å². The summed E-state index contributed by atoms with van der Waals surface area (Å²) in [5.41, 5.74) is 4.44.